The Hall–Kier alpha value is -1.48. The van der Waals surface area contributed by atoms with E-state index in [9.17, 15) is 8.78 Å². The van der Waals surface area contributed by atoms with E-state index in [0.29, 0.717) is 5.75 Å². The number of hydrogen-bond acceptors (Lipinski definition) is 4. The van der Waals surface area contributed by atoms with Crippen molar-refractivity contribution in [3.05, 3.63) is 18.2 Å². The fourth-order valence-corrected chi connectivity index (χ4v) is 1.55. The van der Waals surface area contributed by atoms with Gasteiger partial charge in [-0.05, 0) is 23.9 Å². The first-order valence-electron chi connectivity index (χ1n) is 3.86. The van der Waals surface area contributed by atoms with Gasteiger partial charge >= 0.3 is 6.61 Å². The van der Waals surface area contributed by atoms with E-state index in [4.69, 9.17) is 10.00 Å². The molecule has 0 bridgehead atoms. The fraction of sp³-hybridized carbons (Fsp3) is 0.222. The summed E-state index contributed by atoms with van der Waals surface area (Å²) in [5, 5.41) is 10.3. The zero-order valence-electron chi connectivity index (χ0n) is 7.74. The minimum absolute atomic E-state index is 0.0594. The third-order valence-electron chi connectivity index (χ3n) is 1.53. The first-order chi connectivity index (χ1) is 7.19. The van der Waals surface area contributed by atoms with E-state index < -0.39 is 6.61 Å². The molecule has 0 atom stereocenters. The van der Waals surface area contributed by atoms with E-state index in [-0.39, 0.29) is 10.6 Å². The minimum Gasteiger partial charge on any atom is -0.495 e. The summed E-state index contributed by atoms with van der Waals surface area (Å²) in [4.78, 5) is 0.253. The van der Waals surface area contributed by atoms with Crippen LogP contribution in [0.15, 0.2) is 23.1 Å². The Morgan fingerprint density at radius 2 is 2.07 bits per heavy atom. The Morgan fingerprint density at radius 3 is 2.60 bits per heavy atom. The van der Waals surface area contributed by atoms with Crippen LogP contribution >= 0.6 is 11.8 Å². The number of rotatable bonds is 4. The summed E-state index contributed by atoms with van der Waals surface area (Å²) in [6, 6.07) is 4.43. The predicted octanol–water partition coefficient (Wildman–Crippen LogP) is 2.87. The van der Waals surface area contributed by atoms with Crippen LogP contribution < -0.4 is 9.47 Å². The van der Waals surface area contributed by atoms with Gasteiger partial charge < -0.3 is 9.47 Å². The van der Waals surface area contributed by atoms with E-state index in [2.05, 4.69) is 4.74 Å². The molecule has 0 unspecified atom stereocenters. The van der Waals surface area contributed by atoms with Crippen molar-refractivity contribution in [3.63, 3.8) is 0 Å². The monoisotopic (exact) mass is 231 g/mol. The highest BCUT2D eigenvalue weighted by Crippen LogP contribution is 2.37. The van der Waals surface area contributed by atoms with Crippen LogP contribution in [0.3, 0.4) is 0 Å². The number of ether oxygens (including phenoxy) is 2. The van der Waals surface area contributed by atoms with Crippen LogP contribution in [0, 0.1) is 10.7 Å². The SMILES string of the molecule is COc1cccc(OC(F)F)c1SC#N. The molecule has 0 radical (unpaired) electrons. The first-order valence-corrected chi connectivity index (χ1v) is 4.68. The number of halogens is 2. The summed E-state index contributed by atoms with van der Waals surface area (Å²) in [6.07, 6.45) is 0. The second-order valence-corrected chi connectivity index (χ2v) is 3.15. The second-order valence-electron chi connectivity index (χ2n) is 2.36. The number of thiocyanates is 1. The molecule has 0 aliphatic rings. The van der Waals surface area contributed by atoms with Gasteiger partial charge in [-0.25, -0.2) is 0 Å². The molecule has 0 aliphatic heterocycles. The third kappa shape index (κ3) is 2.99. The van der Waals surface area contributed by atoms with Gasteiger partial charge in [-0.3, -0.25) is 0 Å². The summed E-state index contributed by atoms with van der Waals surface area (Å²) in [5.74, 6) is 0.274. The number of nitrogens with zero attached hydrogens (tertiary/aromatic N) is 1. The van der Waals surface area contributed by atoms with Gasteiger partial charge in [0.2, 0.25) is 0 Å². The minimum atomic E-state index is -2.92. The highest BCUT2D eigenvalue weighted by molar-refractivity contribution is 8.03. The van der Waals surface area contributed by atoms with Crippen LogP contribution in [0.25, 0.3) is 0 Å². The van der Waals surface area contributed by atoms with Crippen LogP contribution in [-0.2, 0) is 0 Å². The van der Waals surface area contributed by atoms with Crippen molar-refractivity contribution < 1.29 is 18.3 Å². The molecule has 3 nitrogen and oxygen atoms in total. The lowest BCUT2D eigenvalue weighted by molar-refractivity contribution is -0.0518. The van der Waals surface area contributed by atoms with E-state index in [1.165, 1.54) is 19.2 Å². The summed E-state index contributed by atoms with van der Waals surface area (Å²) in [7, 11) is 1.39. The number of thioether (sulfide) groups is 1. The largest absolute Gasteiger partial charge is 0.495 e. The van der Waals surface area contributed by atoms with Crippen molar-refractivity contribution in [2.45, 2.75) is 11.5 Å². The molecule has 15 heavy (non-hydrogen) atoms. The topological polar surface area (TPSA) is 42.2 Å². The van der Waals surface area contributed by atoms with Gasteiger partial charge in [0.05, 0.1) is 7.11 Å². The Balaban J connectivity index is 3.08. The Morgan fingerprint density at radius 1 is 1.40 bits per heavy atom. The molecule has 6 heteroatoms. The Kier molecular flexibility index (Phi) is 4.18. The van der Waals surface area contributed by atoms with Crippen molar-refractivity contribution >= 4 is 11.8 Å². The summed E-state index contributed by atoms with van der Waals surface area (Å²) < 4.78 is 33.2. The molecule has 1 aromatic carbocycles. The smallest absolute Gasteiger partial charge is 0.387 e. The Labute approximate surface area is 89.6 Å². The molecule has 0 amide bonds. The van der Waals surface area contributed by atoms with E-state index in [1.54, 1.807) is 11.5 Å². The van der Waals surface area contributed by atoms with Crippen LogP contribution in [0.5, 0.6) is 11.5 Å². The van der Waals surface area contributed by atoms with Crippen LogP contribution in [0.4, 0.5) is 8.78 Å². The molecule has 0 saturated carbocycles. The zero-order chi connectivity index (χ0) is 11.3. The molecule has 0 N–H and O–H groups in total. The predicted molar refractivity (Wildman–Crippen MR) is 51.1 cm³/mol. The summed E-state index contributed by atoms with van der Waals surface area (Å²) in [5.41, 5.74) is 0. The molecule has 0 aromatic heterocycles. The fourth-order valence-electron chi connectivity index (χ4n) is 0.991. The average molecular weight is 231 g/mol. The maximum absolute atomic E-state index is 12.0. The quantitative estimate of drug-likeness (QED) is 0.590. The first kappa shape index (κ1) is 11.6. The van der Waals surface area contributed by atoms with Gasteiger partial charge in [0.15, 0.2) is 0 Å². The number of alkyl halides is 2. The molecule has 0 heterocycles. The lowest BCUT2D eigenvalue weighted by Gasteiger charge is -2.10. The van der Waals surface area contributed by atoms with E-state index in [1.807, 2.05) is 0 Å². The lowest BCUT2D eigenvalue weighted by atomic mass is 10.3. The van der Waals surface area contributed by atoms with E-state index in [0.717, 1.165) is 11.8 Å². The normalized spacial score (nSPS) is 9.80. The van der Waals surface area contributed by atoms with Crippen LogP contribution in [0.2, 0.25) is 0 Å². The Bertz CT molecular complexity index is 379. The highest BCUT2D eigenvalue weighted by Gasteiger charge is 2.14. The molecule has 1 aromatic rings. The molecule has 0 spiro atoms. The summed E-state index contributed by atoms with van der Waals surface area (Å²) in [6.45, 7) is -2.92. The molecule has 0 saturated heterocycles. The number of hydrogen-bond donors (Lipinski definition) is 0. The number of benzene rings is 1. The standard InChI is InChI=1S/C9H7F2NO2S/c1-13-6-3-2-4-7(14-9(10)11)8(6)15-5-12/h2-4,9H,1H3. The van der Waals surface area contributed by atoms with Gasteiger partial charge in [-0.1, -0.05) is 6.07 Å². The van der Waals surface area contributed by atoms with Crippen molar-refractivity contribution in [2.75, 3.05) is 7.11 Å². The van der Waals surface area contributed by atoms with Crippen molar-refractivity contribution in [3.8, 4) is 16.9 Å². The number of nitriles is 1. The maximum Gasteiger partial charge on any atom is 0.387 e. The van der Waals surface area contributed by atoms with Crippen molar-refractivity contribution in [1.82, 2.24) is 0 Å². The molecule has 80 valence electrons. The average Bonchev–Trinajstić information content (AvgIpc) is 2.20. The van der Waals surface area contributed by atoms with Gasteiger partial charge in [0.25, 0.3) is 0 Å². The molecule has 0 aliphatic carbocycles. The van der Waals surface area contributed by atoms with Crippen LogP contribution in [-0.4, -0.2) is 13.7 Å². The van der Waals surface area contributed by atoms with Crippen LogP contribution in [0.1, 0.15) is 0 Å². The molecular formula is C9H7F2NO2S. The van der Waals surface area contributed by atoms with Gasteiger partial charge in [0, 0.05) is 0 Å². The third-order valence-corrected chi connectivity index (χ3v) is 2.22. The summed E-state index contributed by atoms with van der Waals surface area (Å²) >= 11 is 0.717. The van der Waals surface area contributed by atoms with E-state index >= 15 is 0 Å². The molecule has 1 rings (SSSR count). The molecular weight excluding hydrogens is 224 g/mol. The number of methoxy groups -OCH3 is 1. The van der Waals surface area contributed by atoms with Crippen molar-refractivity contribution in [1.29, 1.82) is 5.26 Å². The maximum atomic E-state index is 12.0. The lowest BCUT2D eigenvalue weighted by Crippen LogP contribution is -2.03. The van der Waals surface area contributed by atoms with Gasteiger partial charge in [0.1, 0.15) is 21.8 Å². The van der Waals surface area contributed by atoms with Gasteiger partial charge in [-0.15, -0.1) is 0 Å². The van der Waals surface area contributed by atoms with Gasteiger partial charge in [-0.2, -0.15) is 14.0 Å². The zero-order valence-corrected chi connectivity index (χ0v) is 8.55. The van der Waals surface area contributed by atoms with Crippen molar-refractivity contribution in [2.24, 2.45) is 0 Å². The second kappa shape index (κ2) is 5.41. The highest BCUT2D eigenvalue weighted by atomic mass is 32.2. The molecule has 0 fully saturated rings.